The normalized spacial score (nSPS) is 13.5. The van der Waals surface area contributed by atoms with Crippen LogP contribution in [0, 0.1) is 6.92 Å². The first-order valence-electron chi connectivity index (χ1n) is 10.9. The van der Waals surface area contributed by atoms with E-state index in [4.69, 9.17) is 0 Å². The fourth-order valence-electron chi connectivity index (χ4n) is 3.85. The molecular formula is C25H28N6O2. The SMILES string of the molecule is CC(=O)N1CCN(C(=O)c2cccc(Nc3cc(N(C)c4cccc(C)c4)ncn3)c2)CC1. The number of carbonyl (C=O) groups excluding carboxylic acids is 2. The van der Waals surface area contributed by atoms with E-state index in [2.05, 4.69) is 34.3 Å². The first-order chi connectivity index (χ1) is 15.9. The van der Waals surface area contributed by atoms with Crippen LogP contribution in [0.15, 0.2) is 60.9 Å². The molecule has 4 rings (SSSR count). The highest BCUT2D eigenvalue weighted by molar-refractivity contribution is 5.95. The largest absolute Gasteiger partial charge is 0.340 e. The maximum absolute atomic E-state index is 13.0. The molecule has 2 aromatic carbocycles. The van der Waals surface area contributed by atoms with Crippen LogP contribution < -0.4 is 10.2 Å². The van der Waals surface area contributed by atoms with Crippen molar-refractivity contribution in [3.63, 3.8) is 0 Å². The summed E-state index contributed by atoms with van der Waals surface area (Å²) in [5.74, 6) is 1.41. The summed E-state index contributed by atoms with van der Waals surface area (Å²) in [5.41, 5.74) is 3.58. The minimum absolute atomic E-state index is 0.0376. The van der Waals surface area contributed by atoms with Crippen LogP contribution in [0.25, 0.3) is 0 Å². The van der Waals surface area contributed by atoms with Crippen LogP contribution in [0.3, 0.4) is 0 Å². The number of amides is 2. The van der Waals surface area contributed by atoms with Crippen molar-refractivity contribution in [3.8, 4) is 0 Å². The lowest BCUT2D eigenvalue weighted by Crippen LogP contribution is -2.50. The summed E-state index contributed by atoms with van der Waals surface area (Å²) < 4.78 is 0. The van der Waals surface area contributed by atoms with E-state index in [1.54, 1.807) is 16.7 Å². The fourth-order valence-corrected chi connectivity index (χ4v) is 3.85. The summed E-state index contributed by atoms with van der Waals surface area (Å²) in [6.07, 6.45) is 1.52. The smallest absolute Gasteiger partial charge is 0.254 e. The molecule has 1 saturated heterocycles. The molecule has 1 fully saturated rings. The topological polar surface area (TPSA) is 81.7 Å². The predicted molar refractivity (Wildman–Crippen MR) is 129 cm³/mol. The Morgan fingerprint density at radius 1 is 0.939 bits per heavy atom. The number of hydrogen-bond donors (Lipinski definition) is 1. The van der Waals surface area contributed by atoms with Crippen molar-refractivity contribution >= 4 is 34.8 Å². The zero-order valence-corrected chi connectivity index (χ0v) is 19.2. The molecule has 8 heteroatoms. The molecule has 1 aliphatic rings. The molecule has 3 aromatic rings. The average molecular weight is 445 g/mol. The van der Waals surface area contributed by atoms with Crippen LogP contribution in [-0.4, -0.2) is 64.8 Å². The van der Waals surface area contributed by atoms with Crippen LogP contribution in [0.2, 0.25) is 0 Å². The van der Waals surface area contributed by atoms with Crippen molar-refractivity contribution in [2.75, 3.05) is 43.4 Å². The maximum Gasteiger partial charge on any atom is 0.254 e. The first kappa shape index (κ1) is 22.3. The van der Waals surface area contributed by atoms with Gasteiger partial charge in [0.15, 0.2) is 0 Å². The molecule has 170 valence electrons. The van der Waals surface area contributed by atoms with E-state index in [9.17, 15) is 9.59 Å². The van der Waals surface area contributed by atoms with E-state index < -0.39 is 0 Å². The van der Waals surface area contributed by atoms with Gasteiger partial charge >= 0.3 is 0 Å². The van der Waals surface area contributed by atoms with Crippen molar-refractivity contribution in [1.29, 1.82) is 0 Å². The van der Waals surface area contributed by atoms with Gasteiger partial charge in [0.1, 0.15) is 18.0 Å². The van der Waals surface area contributed by atoms with Crippen LogP contribution >= 0.6 is 0 Å². The number of nitrogens with one attached hydrogen (secondary N) is 1. The minimum atomic E-state index is -0.0376. The van der Waals surface area contributed by atoms with E-state index in [1.165, 1.54) is 11.9 Å². The summed E-state index contributed by atoms with van der Waals surface area (Å²) in [6, 6.07) is 17.5. The molecule has 33 heavy (non-hydrogen) atoms. The molecule has 1 aliphatic heterocycles. The number of benzene rings is 2. The predicted octanol–water partition coefficient (Wildman–Crippen LogP) is 3.60. The third-order valence-corrected chi connectivity index (χ3v) is 5.78. The van der Waals surface area contributed by atoms with Gasteiger partial charge in [-0.25, -0.2) is 9.97 Å². The number of nitrogens with zero attached hydrogens (tertiary/aromatic N) is 5. The van der Waals surface area contributed by atoms with Gasteiger partial charge < -0.3 is 20.0 Å². The van der Waals surface area contributed by atoms with Crippen molar-refractivity contribution in [1.82, 2.24) is 19.8 Å². The highest BCUT2D eigenvalue weighted by atomic mass is 16.2. The molecule has 2 amide bonds. The Kier molecular flexibility index (Phi) is 6.53. The van der Waals surface area contributed by atoms with Crippen LogP contribution in [0.5, 0.6) is 0 Å². The van der Waals surface area contributed by atoms with E-state index in [1.807, 2.05) is 54.4 Å². The maximum atomic E-state index is 13.0. The number of hydrogen-bond acceptors (Lipinski definition) is 6. The van der Waals surface area contributed by atoms with Crippen molar-refractivity contribution in [3.05, 3.63) is 72.1 Å². The van der Waals surface area contributed by atoms with E-state index in [0.717, 1.165) is 17.2 Å². The lowest BCUT2D eigenvalue weighted by Gasteiger charge is -2.34. The van der Waals surface area contributed by atoms with Gasteiger partial charge in [-0.05, 0) is 42.8 Å². The molecule has 0 atom stereocenters. The van der Waals surface area contributed by atoms with Crippen molar-refractivity contribution in [2.24, 2.45) is 0 Å². The van der Waals surface area contributed by atoms with Crippen LogP contribution in [0.4, 0.5) is 23.0 Å². The highest BCUT2D eigenvalue weighted by Gasteiger charge is 2.23. The van der Waals surface area contributed by atoms with Crippen LogP contribution in [0.1, 0.15) is 22.8 Å². The minimum Gasteiger partial charge on any atom is -0.340 e. The van der Waals surface area contributed by atoms with Gasteiger partial charge in [0.25, 0.3) is 5.91 Å². The standard InChI is InChI=1S/C25H28N6O2/c1-18-6-4-9-22(14-18)29(3)24-16-23(26-17-27-24)28-21-8-5-7-20(15-21)25(33)31-12-10-30(11-13-31)19(2)32/h4-9,14-17H,10-13H2,1-3H3,(H,26,27,28). The molecule has 0 saturated carbocycles. The number of carbonyl (C=O) groups is 2. The second-order valence-corrected chi connectivity index (χ2v) is 8.16. The Morgan fingerprint density at radius 2 is 1.67 bits per heavy atom. The lowest BCUT2D eigenvalue weighted by atomic mass is 10.1. The fraction of sp³-hybridized carbons (Fsp3) is 0.280. The molecule has 0 bridgehead atoms. The molecule has 0 radical (unpaired) electrons. The third kappa shape index (κ3) is 5.28. The van der Waals surface area contributed by atoms with Crippen LogP contribution in [-0.2, 0) is 4.79 Å². The monoisotopic (exact) mass is 444 g/mol. The first-order valence-corrected chi connectivity index (χ1v) is 10.9. The zero-order chi connectivity index (χ0) is 23.4. The number of aromatic nitrogens is 2. The molecule has 0 aliphatic carbocycles. The van der Waals surface area contributed by atoms with Crippen molar-refractivity contribution in [2.45, 2.75) is 13.8 Å². The summed E-state index contributed by atoms with van der Waals surface area (Å²) >= 11 is 0. The summed E-state index contributed by atoms with van der Waals surface area (Å²) in [4.78, 5) is 38.8. The van der Waals surface area contributed by atoms with Gasteiger partial charge in [-0.3, -0.25) is 9.59 Å². The molecule has 1 aromatic heterocycles. The Bertz CT molecular complexity index is 1160. The van der Waals surface area contributed by atoms with Gasteiger partial charge in [-0.2, -0.15) is 0 Å². The van der Waals surface area contributed by atoms with E-state index in [0.29, 0.717) is 37.6 Å². The van der Waals surface area contributed by atoms with E-state index in [-0.39, 0.29) is 11.8 Å². The number of rotatable bonds is 5. The highest BCUT2D eigenvalue weighted by Crippen LogP contribution is 2.25. The number of piperazine rings is 1. The average Bonchev–Trinajstić information content (AvgIpc) is 2.83. The summed E-state index contributed by atoms with van der Waals surface area (Å²) in [5, 5.41) is 3.28. The van der Waals surface area contributed by atoms with Crippen molar-refractivity contribution < 1.29 is 9.59 Å². The third-order valence-electron chi connectivity index (χ3n) is 5.78. The van der Waals surface area contributed by atoms with E-state index >= 15 is 0 Å². The Morgan fingerprint density at radius 3 is 2.39 bits per heavy atom. The Labute approximate surface area is 193 Å². The second-order valence-electron chi connectivity index (χ2n) is 8.16. The molecule has 0 spiro atoms. The van der Waals surface area contributed by atoms with Gasteiger partial charge in [0.2, 0.25) is 5.91 Å². The summed E-state index contributed by atoms with van der Waals surface area (Å²) in [7, 11) is 1.96. The van der Waals surface area contributed by atoms with Gasteiger partial charge in [-0.15, -0.1) is 0 Å². The molecule has 8 nitrogen and oxygen atoms in total. The number of aryl methyl sites for hydroxylation is 1. The van der Waals surface area contributed by atoms with Gasteiger partial charge in [0, 0.05) is 63.2 Å². The van der Waals surface area contributed by atoms with Gasteiger partial charge in [-0.1, -0.05) is 18.2 Å². The van der Waals surface area contributed by atoms with Gasteiger partial charge in [0.05, 0.1) is 0 Å². The Balaban J connectivity index is 1.46. The molecule has 2 heterocycles. The number of anilines is 4. The molecular weight excluding hydrogens is 416 g/mol. The quantitative estimate of drug-likeness (QED) is 0.648. The second kappa shape index (κ2) is 9.68. The Hall–Kier alpha value is -3.94. The molecule has 1 N–H and O–H groups in total. The molecule has 0 unspecified atom stereocenters. The zero-order valence-electron chi connectivity index (χ0n) is 19.2. The lowest BCUT2D eigenvalue weighted by molar-refractivity contribution is -0.130. The summed E-state index contributed by atoms with van der Waals surface area (Å²) in [6.45, 7) is 5.83.